The number of ether oxygens (including phenoxy) is 1. The molecule has 0 aliphatic carbocycles. The SMILES string of the molecule is COc1ccc(CN2CCC(N)CC2)c(C)c1C. The molecule has 2 rings (SSSR count). The highest BCUT2D eigenvalue weighted by molar-refractivity contribution is 5.43. The van der Waals surface area contributed by atoms with Gasteiger partial charge in [0.05, 0.1) is 7.11 Å². The van der Waals surface area contributed by atoms with Crippen LogP contribution in [0.25, 0.3) is 0 Å². The van der Waals surface area contributed by atoms with E-state index in [0.717, 1.165) is 38.2 Å². The molecule has 2 N–H and O–H groups in total. The Labute approximate surface area is 110 Å². The minimum absolute atomic E-state index is 0.403. The molecule has 3 heteroatoms. The number of nitrogens with two attached hydrogens (primary N) is 1. The van der Waals surface area contributed by atoms with Crippen LogP contribution in [-0.2, 0) is 6.54 Å². The predicted octanol–water partition coefficient (Wildman–Crippen LogP) is 2.24. The van der Waals surface area contributed by atoms with Crippen LogP contribution in [0, 0.1) is 13.8 Å². The Morgan fingerprint density at radius 1 is 1.22 bits per heavy atom. The van der Waals surface area contributed by atoms with Crippen molar-refractivity contribution in [3.63, 3.8) is 0 Å². The third-order valence-corrected chi connectivity index (χ3v) is 4.10. The summed E-state index contributed by atoms with van der Waals surface area (Å²) in [5, 5.41) is 0. The molecule has 1 aliphatic rings. The number of rotatable bonds is 3. The van der Waals surface area contributed by atoms with E-state index >= 15 is 0 Å². The van der Waals surface area contributed by atoms with Crippen molar-refractivity contribution in [2.75, 3.05) is 20.2 Å². The zero-order valence-electron chi connectivity index (χ0n) is 11.7. The van der Waals surface area contributed by atoms with Crippen molar-refractivity contribution in [1.82, 2.24) is 4.90 Å². The molecule has 1 aromatic carbocycles. The van der Waals surface area contributed by atoms with Gasteiger partial charge in [0.1, 0.15) is 5.75 Å². The smallest absolute Gasteiger partial charge is 0.122 e. The number of nitrogens with zero attached hydrogens (tertiary/aromatic N) is 1. The maximum atomic E-state index is 5.94. The van der Waals surface area contributed by atoms with Gasteiger partial charge in [-0.2, -0.15) is 0 Å². The van der Waals surface area contributed by atoms with Crippen molar-refractivity contribution >= 4 is 0 Å². The molecule has 0 spiro atoms. The average molecular weight is 248 g/mol. The normalized spacial score (nSPS) is 18.0. The number of hydrogen-bond donors (Lipinski definition) is 1. The minimum Gasteiger partial charge on any atom is -0.496 e. The van der Waals surface area contributed by atoms with E-state index in [0.29, 0.717) is 6.04 Å². The zero-order chi connectivity index (χ0) is 13.1. The second kappa shape index (κ2) is 5.72. The van der Waals surface area contributed by atoms with Crippen molar-refractivity contribution in [2.24, 2.45) is 5.73 Å². The zero-order valence-corrected chi connectivity index (χ0v) is 11.7. The maximum absolute atomic E-state index is 5.94. The standard InChI is InChI=1S/C15H24N2O/c1-11-12(2)15(18-3)5-4-13(11)10-17-8-6-14(16)7-9-17/h4-5,14H,6-10,16H2,1-3H3. The van der Waals surface area contributed by atoms with Crippen LogP contribution in [0.1, 0.15) is 29.5 Å². The van der Waals surface area contributed by atoms with Gasteiger partial charge in [0.15, 0.2) is 0 Å². The molecule has 1 fully saturated rings. The molecular formula is C15H24N2O. The van der Waals surface area contributed by atoms with Gasteiger partial charge >= 0.3 is 0 Å². The summed E-state index contributed by atoms with van der Waals surface area (Å²) in [6.45, 7) is 7.58. The second-order valence-electron chi connectivity index (χ2n) is 5.29. The molecule has 1 aromatic rings. The minimum atomic E-state index is 0.403. The van der Waals surface area contributed by atoms with E-state index in [4.69, 9.17) is 10.5 Å². The van der Waals surface area contributed by atoms with Crippen molar-refractivity contribution in [2.45, 2.75) is 39.3 Å². The van der Waals surface area contributed by atoms with E-state index in [9.17, 15) is 0 Å². The summed E-state index contributed by atoms with van der Waals surface area (Å²) in [5.41, 5.74) is 9.95. The molecule has 18 heavy (non-hydrogen) atoms. The summed E-state index contributed by atoms with van der Waals surface area (Å²) in [4.78, 5) is 2.50. The van der Waals surface area contributed by atoms with Gasteiger partial charge in [-0.05, 0) is 62.5 Å². The molecule has 0 unspecified atom stereocenters. The number of hydrogen-bond acceptors (Lipinski definition) is 3. The quantitative estimate of drug-likeness (QED) is 0.891. The Kier molecular flexibility index (Phi) is 4.25. The number of piperidine rings is 1. The summed E-state index contributed by atoms with van der Waals surface area (Å²) in [6.07, 6.45) is 2.24. The molecule has 1 saturated heterocycles. The van der Waals surface area contributed by atoms with Crippen LogP contribution in [-0.4, -0.2) is 31.1 Å². The largest absolute Gasteiger partial charge is 0.496 e. The average Bonchev–Trinajstić information content (AvgIpc) is 2.38. The highest BCUT2D eigenvalue weighted by Gasteiger charge is 2.17. The highest BCUT2D eigenvalue weighted by Crippen LogP contribution is 2.25. The Morgan fingerprint density at radius 3 is 2.50 bits per heavy atom. The number of methoxy groups -OCH3 is 1. The molecule has 1 aliphatic heterocycles. The van der Waals surface area contributed by atoms with E-state index in [1.54, 1.807) is 7.11 Å². The van der Waals surface area contributed by atoms with E-state index in [1.807, 2.05) is 0 Å². The van der Waals surface area contributed by atoms with Crippen molar-refractivity contribution in [3.8, 4) is 5.75 Å². The monoisotopic (exact) mass is 248 g/mol. The van der Waals surface area contributed by atoms with Gasteiger partial charge in [-0.25, -0.2) is 0 Å². The first-order chi connectivity index (χ1) is 8.61. The Bertz CT molecular complexity index is 409. The lowest BCUT2D eigenvalue weighted by Gasteiger charge is -2.30. The highest BCUT2D eigenvalue weighted by atomic mass is 16.5. The summed E-state index contributed by atoms with van der Waals surface area (Å²) >= 11 is 0. The van der Waals surface area contributed by atoms with Gasteiger partial charge in [0.25, 0.3) is 0 Å². The van der Waals surface area contributed by atoms with Gasteiger partial charge < -0.3 is 10.5 Å². The van der Waals surface area contributed by atoms with Crippen molar-refractivity contribution < 1.29 is 4.74 Å². The molecular weight excluding hydrogens is 224 g/mol. The Balaban J connectivity index is 2.08. The predicted molar refractivity (Wildman–Crippen MR) is 75.0 cm³/mol. The molecule has 0 aromatic heterocycles. The van der Waals surface area contributed by atoms with Crippen LogP contribution in [0.4, 0.5) is 0 Å². The van der Waals surface area contributed by atoms with Crippen LogP contribution in [0.15, 0.2) is 12.1 Å². The molecule has 100 valence electrons. The fourth-order valence-corrected chi connectivity index (χ4v) is 2.60. The second-order valence-corrected chi connectivity index (χ2v) is 5.29. The van der Waals surface area contributed by atoms with E-state index < -0.39 is 0 Å². The van der Waals surface area contributed by atoms with Crippen LogP contribution in [0.2, 0.25) is 0 Å². The first-order valence-electron chi connectivity index (χ1n) is 6.73. The van der Waals surface area contributed by atoms with Crippen LogP contribution >= 0.6 is 0 Å². The first-order valence-corrected chi connectivity index (χ1v) is 6.73. The summed E-state index contributed by atoms with van der Waals surface area (Å²) in [6, 6.07) is 4.67. The van der Waals surface area contributed by atoms with Gasteiger partial charge in [0.2, 0.25) is 0 Å². The molecule has 0 radical (unpaired) electrons. The molecule has 0 bridgehead atoms. The van der Waals surface area contributed by atoms with Crippen LogP contribution < -0.4 is 10.5 Å². The van der Waals surface area contributed by atoms with Gasteiger partial charge in [0, 0.05) is 12.6 Å². The van der Waals surface area contributed by atoms with E-state index in [1.165, 1.54) is 16.7 Å². The topological polar surface area (TPSA) is 38.5 Å². The lowest BCUT2D eigenvalue weighted by molar-refractivity contribution is 0.205. The third kappa shape index (κ3) is 2.85. The summed E-state index contributed by atoms with van der Waals surface area (Å²) < 4.78 is 5.35. The molecule has 1 heterocycles. The van der Waals surface area contributed by atoms with Crippen molar-refractivity contribution in [1.29, 1.82) is 0 Å². The van der Waals surface area contributed by atoms with Crippen LogP contribution in [0.5, 0.6) is 5.75 Å². The number of likely N-dealkylation sites (tertiary alicyclic amines) is 1. The summed E-state index contributed by atoms with van der Waals surface area (Å²) in [7, 11) is 1.73. The Morgan fingerprint density at radius 2 is 1.89 bits per heavy atom. The summed E-state index contributed by atoms with van der Waals surface area (Å²) in [5.74, 6) is 0.983. The number of benzene rings is 1. The molecule has 0 saturated carbocycles. The van der Waals surface area contributed by atoms with Gasteiger partial charge in [-0.3, -0.25) is 4.90 Å². The lowest BCUT2D eigenvalue weighted by atomic mass is 10.00. The first kappa shape index (κ1) is 13.4. The molecule has 0 atom stereocenters. The Hall–Kier alpha value is -1.06. The molecule has 3 nitrogen and oxygen atoms in total. The van der Waals surface area contributed by atoms with Gasteiger partial charge in [-0.1, -0.05) is 6.07 Å². The molecule has 0 amide bonds. The van der Waals surface area contributed by atoms with Gasteiger partial charge in [-0.15, -0.1) is 0 Å². The fraction of sp³-hybridized carbons (Fsp3) is 0.600. The van der Waals surface area contributed by atoms with Crippen molar-refractivity contribution in [3.05, 3.63) is 28.8 Å². The van der Waals surface area contributed by atoms with Crippen LogP contribution in [0.3, 0.4) is 0 Å². The fourth-order valence-electron chi connectivity index (χ4n) is 2.60. The maximum Gasteiger partial charge on any atom is 0.122 e. The van der Waals surface area contributed by atoms with E-state index in [2.05, 4.69) is 30.9 Å². The lowest BCUT2D eigenvalue weighted by Crippen LogP contribution is -2.39. The van der Waals surface area contributed by atoms with E-state index in [-0.39, 0.29) is 0 Å². The third-order valence-electron chi connectivity index (χ3n) is 4.10.